The van der Waals surface area contributed by atoms with Crippen molar-refractivity contribution in [1.29, 1.82) is 0 Å². The first kappa shape index (κ1) is 18.5. The van der Waals surface area contributed by atoms with Gasteiger partial charge in [0.15, 0.2) is 0 Å². The molecular weight excluding hydrogens is 395 g/mol. The van der Waals surface area contributed by atoms with E-state index in [1.807, 2.05) is 19.1 Å². The minimum Gasteiger partial charge on any atom is -0.423 e. The molecule has 8 heteroatoms. The molecule has 2 aliphatic carbocycles. The number of rotatable bonds is 4. The van der Waals surface area contributed by atoms with Gasteiger partial charge in [0.1, 0.15) is 17.4 Å². The number of aryl methyl sites for hydroxylation is 1. The van der Waals surface area contributed by atoms with E-state index in [1.165, 1.54) is 6.07 Å². The summed E-state index contributed by atoms with van der Waals surface area (Å²) in [5.74, 6) is 1.09. The summed E-state index contributed by atoms with van der Waals surface area (Å²) in [6, 6.07) is 7.37. The van der Waals surface area contributed by atoms with Crippen LogP contribution in [0.5, 0.6) is 11.8 Å². The van der Waals surface area contributed by atoms with Crippen molar-refractivity contribution in [2.75, 3.05) is 30.4 Å². The molecule has 1 spiro atoms. The zero-order valence-corrected chi connectivity index (χ0v) is 17.4. The van der Waals surface area contributed by atoms with Crippen molar-refractivity contribution < 1.29 is 9.13 Å². The van der Waals surface area contributed by atoms with Crippen molar-refractivity contribution in [3.8, 4) is 22.9 Å². The van der Waals surface area contributed by atoms with E-state index in [9.17, 15) is 4.39 Å². The fraction of sp³-hybridized carbons (Fsp3) is 0.348. The second kappa shape index (κ2) is 6.37. The summed E-state index contributed by atoms with van der Waals surface area (Å²) in [5.41, 5.74) is 11.6. The van der Waals surface area contributed by atoms with Gasteiger partial charge in [0, 0.05) is 55.0 Å². The van der Waals surface area contributed by atoms with E-state index < -0.39 is 0 Å². The fourth-order valence-corrected chi connectivity index (χ4v) is 4.82. The Morgan fingerprint density at radius 1 is 1.26 bits per heavy atom. The van der Waals surface area contributed by atoms with Crippen LogP contribution in [-0.2, 0) is 6.42 Å². The maximum Gasteiger partial charge on any atom is 0.324 e. The van der Waals surface area contributed by atoms with Gasteiger partial charge < -0.3 is 20.7 Å². The lowest BCUT2D eigenvalue weighted by Crippen LogP contribution is -2.52. The second-order valence-corrected chi connectivity index (χ2v) is 8.82. The molecule has 7 nitrogen and oxygen atoms in total. The van der Waals surface area contributed by atoms with E-state index in [2.05, 4.69) is 15.2 Å². The van der Waals surface area contributed by atoms with Crippen molar-refractivity contribution in [2.24, 2.45) is 11.1 Å². The quantitative estimate of drug-likeness (QED) is 0.526. The summed E-state index contributed by atoms with van der Waals surface area (Å²) in [4.78, 5) is 16.0. The highest BCUT2D eigenvalue weighted by atomic mass is 19.1. The van der Waals surface area contributed by atoms with Crippen molar-refractivity contribution in [1.82, 2.24) is 15.0 Å². The lowest BCUT2D eigenvalue weighted by Gasteiger charge is -2.42. The van der Waals surface area contributed by atoms with Gasteiger partial charge in [-0.1, -0.05) is 0 Å². The smallest absolute Gasteiger partial charge is 0.324 e. The van der Waals surface area contributed by atoms with Gasteiger partial charge in [-0.15, -0.1) is 0 Å². The number of fused-ring (bicyclic) bond motifs is 3. The van der Waals surface area contributed by atoms with Crippen LogP contribution < -0.4 is 20.7 Å². The maximum atomic E-state index is 14.4. The van der Waals surface area contributed by atoms with Gasteiger partial charge >= 0.3 is 6.01 Å². The number of ether oxygens (including phenoxy) is 1. The number of anilines is 2. The highest BCUT2D eigenvalue weighted by molar-refractivity contribution is 5.88. The van der Waals surface area contributed by atoms with Gasteiger partial charge in [0.2, 0.25) is 0 Å². The summed E-state index contributed by atoms with van der Waals surface area (Å²) in [7, 11) is 1.80. The third-order valence-corrected chi connectivity index (χ3v) is 6.70. The van der Waals surface area contributed by atoms with Crippen LogP contribution in [0, 0.1) is 18.2 Å². The Morgan fingerprint density at radius 2 is 2.06 bits per heavy atom. The molecule has 3 heterocycles. The lowest BCUT2D eigenvalue weighted by molar-refractivity contribution is 0.367. The molecule has 3 N–H and O–H groups in total. The molecule has 1 saturated carbocycles. The number of hydrogen-bond donors (Lipinski definition) is 2. The van der Waals surface area contributed by atoms with Crippen molar-refractivity contribution in [2.45, 2.75) is 25.8 Å². The zero-order chi connectivity index (χ0) is 21.3. The first-order valence-electron chi connectivity index (χ1n) is 10.5. The van der Waals surface area contributed by atoms with Crippen molar-refractivity contribution in [3.63, 3.8) is 0 Å². The number of hydrogen-bond acceptors (Lipinski definition) is 7. The first-order chi connectivity index (χ1) is 15.0. The van der Waals surface area contributed by atoms with E-state index in [-0.39, 0.29) is 23.3 Å². The molecule has 1 aliphatic heterocycles. The Bertz CT molecular complexity index is 1210. The van der Waals surface area contributed by atoms with Crippen LogP contribution in [0.2, 0.25) is 0 Å². The largest absolute Gasteiger partial charge is 0.423 e. The minimum atomic E-state index is -0.280. The van der Waals surface area contributed by atoms with Gasteiger partial charge in [0.25, 0.3) is 0 Å². The molecule has 3 aliphatic rings. The van der Waals surface area contributed by atoms with Crippen molar-refractivity contribution >= 4 is 11.5 Å². The summed E-state index contributed by atoms with van der Waals surface area (Å²) in [6.07, 6.45) is 3.30. The second-order valence-electron chi connectivity index (χ2n) is 8.82. The van der Waals surface area contributed by atoms with Gasteiger partial charge in [-0.05, 0) is 48.7 Å². The Kier molecular flexibility index (Phi) is 3.80. The molecule has 0 radical (unpaired) electrons. The van der Waals surface area contributed by atoms with Crippen LogP contribution in [0.15, 0.2) is 30.5 Å². The third-order valence-electron chi connectivity index (χ3n) is 6.70. The molecule has 0 amide bonds. The Morgan fingerprint density at radius 3 is 2.74 bits per heavy atom. The summed E-state index contributed by atoms with van der Waals surface area (Å²) in [6.45, 7) is 3.63. The van der Waals surface area contributed by atoms with E-state index in [1.54, 1.807) is 19.3 Å². The number of nitrogens with one attached hydrogen (secondary N) is 1. The van der Waals surface area contributed by atoms with Gasteiger partial charge in [0.05, 0.1) is 11.9 Å². The fourth-order valence-electron chi connectivity index (χ4n) is 4.82. The number of pyridine rings is 1. The molecule has 1 saturated heterocycles. The van der Waals surface area contributed by atoms with Gasteiger partial charge in [-0.2, -0.15) is 9.97 Å². The number of aromatic nitrogens is 3. The Labute approximate surface area is 179 Å². The molecule has 158 valence electrons. The molecule has 1 aromatic carbocycles. The molecule has 1 atom stereocenters. The molecule has 1 unspecified atom stereocenters. The van der Waals surface area contributed by atoms with E-state index in [0.717, 1.165) is 59.1 Å². The molecule has 3 aromatic rings. The van der Waals surface area contributed by atoms with Crippen LogP contribution in [0.1, 0.15) is 23.4 Å². The van der Waals surface area contributed by atoms with Crippen LogP contribution in [0.4, 0.5) is 15.9 Å². The summed E-state index contributed by atoms with van der Waals surface area (Å²) < 4.78 is 20.3. The Balaban J connectivity index is 1.44. The topological polar surface area (TPSA) is 89.2 Å². The predicted octanol–water partition coefficient (Wildman–Crippen LogP) is 3.26. The standard InChI is InChI=1S/C23H23FN6O/c1-12-3-4-14(9-27-12)31-22-28-18-7-15-16(5-13(24)6-17(15)26-2)20(18)21(29-22)30-10-23(11-30)8-19(23)25/h3-6,9,19,26H,7-8,10-11,25H2,1-2H3. The number of benzene rings is 1. The molecule has 0 bridgehead atoms. The molecule has 2 fully saturated rings. The maximum absolute atomic E-state index is 14.4. The highest BCUT2D eigenvalue weighted by Crippen LogP contribution is 2.55. The van der Waals surface area contributed by atoms with Crippen LogP contribution in [0.3, 0.4) is 0 Å². The number of halogens is 1. The van der Waals surface area contributed by atoms with Crippen LogP contribution in [0.25, 0.3) is 11.1 Å². The Hall–Kier alpha value is -3.26. The molecular formula is C23H23FN6O. The molecule has 6 rings (SSSR count). The summed E-state index contributed by atoms with van der Waals surface area (Å²) >= 11 is 0. The minimum absolute atomic E-state index is 0.208. The monoisotopic (exact) mass is 418 g/mol. The van der Waals surface area contributed by atoms with E-state index in [4.69, 9.17) is 20.4 Å². The van der Waals surface area contributed by atoms with Crippen LogP contribution in [-0.4, -0.2) is 41.1 Å². The molecule has 2 aromatic heterocycles. The average Bonchev–Trinajstić information content (AvgIpc) is 3.27. The highest BCUT2D eigenvalue weighted by Gasteiger charge is 2.60. The number of nitrogens with two attached hydrogens (primary N) is 1. The summed E-state index contributed by atoms with van der Waals surface area (Å²) in [5, 5.41) is 3.11. The zero-order valence-electron chi connectivity index (χ0n) is 17.4. The van der Waals surface area contributed by atoms with Crippen LogP contribution >= 0.6 is 0 Å². The molecule has 31 heavy (non-hydrogen) atoms. The average molecular weight is 418 g/mol. The van der Waals surface area contributed by atoms with E-state index in [0.29, 0.717) is 12.2 Å². The number of nitrogens with zero attached hydrogens (tertiary/aromatic N) is 4. The first-order valence-corrected chi connectivity index (χ1v) is 10.5. The van der Waals surface area contributed by atoms with Crippen molar-refractivity contribution in [3.05, 3.63) is 53.2 Å². The normalized spacial score (nSPS) is 19.6. The SMILES string of the molecule is CNc1cc(F)cc2c1Cc1nc(Oc3ccc(C)nc3)nc(N3CC4(CC4N)C3)c1-2. The third kappa shape index (κ3) is 2.85. The lowest BCUT2D eigenvalue weighted by atomic mass is 9.94. The predicted molar refractivity (Wildman–Crippen MR) is 116 cm³/mol. The van der Waals surface area contributed by atoms with Gasteiger partial charge in [-0.25, -0.2) is 4.39 Å². The van der Waals surface area contributed by atoms with E-state index >= 15 is 0 Å². The van der Waals surface area contributed by atoms with Gasteiger partial charge in [-0.3, -0.25) is 4.98 Å².